The van der Waals surface area contributed by atoms with Gasteiger partial charge in [-0.25, -0.2) is 8.42 Å². The first-order chi connectivity index (χ1) is 16.3. The largest absolute Gasteiger partial charge is 0.497 e. The summed E-state index contributed by atoms with van der Waals surface area (Å²) in [6.45, 7) is 8.84. The Morgan fingerprint density at radius 2 is 1.74 bits per heavy atom. The van der Waals surface area contributed by atoms with E-state index in [1.165, 1.54) is 4.90 Å². The summed E-state index contributed by atoms with van der Waals surface area (Å²) in [4.78, 5) is 28.1. The van der Waals surface area contributed by atoms with Gasteiger partial charge in [0, 0.05) is 12.1 Å². The lowest BCUT2D eigenvalue weighted by Gasteiger charge is -2.33. The van der Waals surface area contributed by atoms with Gasteiger partial charge in [-0.15, -0.1) is 0 Å². The second-order valence-corrected chi connectivity index (χ2v) is 11.4. The maximum absolute atomic E-state index is 13.7. The van der Waals surface area contributed by atoms with Gasteiger partial charge in [0.25, 0.3) is 0 Å². The zero-order chi connectivity index (χ0) is 26.4. The maximum atomic E-state index is 13.7. The molecular formula is C26H37N3O5S. The summed E-state index contributed by atoms with van der Waals surface area (Å²) < 4.78 is 31.9. The van der Waals surface area contributed by atoms with Crippen molar-refractivity contribution in [2.75, 3.05) is 24.2 Å². The number of amides is 2. The van der Waals surface area contributed by atoms with Gasteiger partial charge in [-0.05, 0) is 63.4 Å². The first-order valence-corrected chi connectivity index (χ1v) is 13.4. The molecule has 2 amide bonds. The third-order valence-corrected chi connectivity index (χ3v) is 6.60. The Morgan fingerprint density at radius 3 is 2.31 bits per heavy atom. The van der Waals surface area contributed by atoms with Crippen LogP contribution in [-0.2, 0) is 32.6 Å². The van der Waals surface area contributed by atoms with Gasteiger partial charge in [0.2, 0.25) is 21.8 Å². The SMILES string of the molecule is CCc1ccccc1N(CC(=O)N(Cc1cccc(OC)c1)C(C)C(=O)NC(C)(C)C)S(C)(=O)=O. The van der Waals surface area contributed by atoms with E-state index in [2.05, 4.69) is 5.32 Å². The first-order valence-electron chi connectivity index (χ1n) is 11.6. The highest BCUT2D eigenvalue weighted by Crippen LogP contribution is 2.24. The standard InChI is InChI=1S/C26H37N3O5S/c1-8-21-13-9-10-15-23(21)29(35(7,32)33)18-24(30)28(19(2)25(31)27-26(3,4)5)17-20-12-11-14-22(16-20)34-6/h9-16,19H,8,17-18H2,1-7H3,(H,27,31). The number of aryl methyl sites for hydroxylation is 1. The number of sulfonamides is 1. The van der Waals surface area contributed by atoms with Gasteiger partial charge in [0.05, 0.1) is 19.1 Å². The van der Waals surface area contributed by atoms with E-state index in [9.17, 15) is 18.0 Å². The topological polar surface area (TPSA) is 96.0 Å². The molecule has 0 aliphatic carbocycles. The molecule has 0 saturated heterocycles. The number of benzene rings is 2. The molecule has 2 aromatic rings. The third kappa shape index (κ3) is 7.99. The Balaban J connectivity index is 2.46. The number of para-hydroxylation sites is 1. The Hall–Kier alpha value is -3.07. The fourth-order valence-corrected chi connectivity index (χ4v) is 4.55. The molecule has 35 heavy (non-hydrogen) atoms. The van der Waals surface area contributed by atoms with Gasteiger partial charge in [0.15, 0.2) is 0 Å². The Morgan fingerprint density at radius 1 is 1.09 bits per heavy atom. The third-order valence-electron chi connectivity index (χ3n) is 5.47. The molecule has 0 fully saturated rings. The van der Waals surface area contributed by atoms with Crippen LogP contribution < -0.4 is 14.4 Å². The van der Waals surface area contributed by atoms with Gasteiger partial charge in [-0.1, -0.05) is 37.3 Å². The van der Waals surface area contributed by atoms with Crippen LogP contribution in [0.1, 0.15) is 45.7 Å². The number of carbonyl (C=O) groups excluding carboxylic acids is 2. The minimum Gasteiger partial charge on any atom is -0.497 e. The Kier molecular flexibility index (Phi) is 9.31. The number of anilines is 1. The molecule has 1 unspecified atom stereocenters. The fourth-order valence-electron chi connectivity index (χ4n) is 3.67. The highest BCUT2D eigenvalue weighted by atomic mass is 32.2. The van der Waals surface area contributed by atoms with Crippen LogP contribution in [0.15, 0.2) is 48.5 Å². The van der Waals surface area contributed by atoms with Crippen molar-refractivity contribution in [3.05, 3.63) is 59.7 Å². The summed E-state index contributed by atoms with van der Waals surface area (Å²) in [5.74, 6) is -0.189. The quantitative estimate of drug-likeness (QED) is 0.536. The van der Waals surface area contributed by atoms with Gasteiger partial charge >= 0.3 is 0 Å². The maximum Gasteiger partial charge on any atom is 0.244 e. The van der Waals surface area contributed by atoms with Gasteiger partial charge < -0.3 is 15.0 Å². The van der Waals surface area contributed by atoms with Crippen molar-refractivity contribution >= 4 is 27.5 Å². The van der Waals surface area contributed by atoms with Gasteiger partial charge in [0.1, 0.15) is 18.3 Å². The van der Waals surface area contributed by atoms with E-state index in [0.717, 1.165) is 21.7 Å². The summed E-state index contributed by atoms with van der Waals surface area (Å²) in [7, 11) is -2.22. The molecule has 0 aliphatic rings. The van der Waals surface area contributed by atoms with Crippen molar-refractivity contribution in [2.45, 2.75) is 59.2 Å². The van der Waals surface area contributed by atoms with Gasteiger partial charge in [-0.2, -0.15) is 0 Å². The van der Waals surface area contributed by atoms with E-state index in [0.29, 0.717) is 17.9 Å². The van der Waals surface area contributed by atoms with E-state index in [-0.39, 0.29) is 12.5 Å². The van der Waals surface area contributed by atoms with E-state index < -0.39 is 34.1 Å². The van der Waals surface area contributed by atoms with Crippen molar-refractivity contribution in [1.82, 2.24) is 10.2 Å². The summed E-state index contributed by atoms with van der Waals surface area (Å²) in [6.07, 6.45) is 1.68. The molecule has 0 spiro atoms. The van der Waals surface area contributed by atoms with Crippen molar-refractivity contribution < 1.29 is 22.7 Å². The average molecular weight is 504 g/mol. The number of methoxy groups -OCH3 is 1. The molecule has 2 aromatic carbocycles. The van der Waals surface area contributed by atoms with Crippen molar-refractivity contribution in [2.24, 2.45) is 0 Å². The lowest BCUT2D eigenvalue weighted by Crippen LogP contribution is -2.54. The van der Waals surface area contributed by atoms with Crippen LogP contribution in [0.5, 0.6) is 5.75 Å². The van der Waals surface area contributed by atoms with E-state index in [1.807, 2.05) is 45.9 Å². The molecule has 0 bridgehead atoms. The lowest BCUT2D eigenvalue weighted by atomic mass is 10.1. The number of hydrogen-bond donors (Lipinski definition) is 1. The van der Waals surface area contributed by atoms with Crippen LogP contribution in [-0.4, -0.2) is 56.6 Å². The van der Waals surface area contributed by atoms with Crippen LogP contribution in [0.25, 0.3) is 0 Å². The molecule has 9 heteroatoms. The first kappa shape index (κ1) is 28.2. The molecule has 8 nitrogen and oxygen atoms in total. The minimum absolute atomic E-state index is 0.113. The molecule has 0 aliphatic heterocycles. The van der Waals surface area contributed by atoms with E-state index >= 15 is 0 Å². The molecular weight excluding hydrogens is 466 g/mol. The minimum atomic E-state index is -3.77. The lowest BCUT2D eigenvalue weighted by molar-refractivity contribution is -0.140. The van der Waals surface area contributed by atoms with E-state index in [4.69, 9.17) is 4.74 Å². The van der Waals surface area contributed by atoms with Crippen molar-refractivity contribution in [1.29, 1.82) is 0 Å². The molecule has 1 atom stereocenters. The average Bonchev–Trinajstić information content (AvgIpc) is 2.78. The van der Waals surface area contributed by atoms with E-state index in [1.54, 1.807) is 44.4 Å². The zero-order valence-corrected chi connectivity index (χ0v) is 22.5. The summed E-state index contributed by atoms with van der Waals surface area (Å²) >= 11 is 0. The molecule has 192 valence electrons. The highest BCUT2D eigenvalue weighted by Gasteiger charge is 2.31. The van der Waals surface area contributed by atoms with Crippen LogP contribution in [0.3, 0.4) is 0 Å². The normalized spacial score (nSPS) is 12.5. The van der Waals surface area contributed by atoms with Crippen LogP contribution in [0, 0.1) is 0 Å². The van der Waals surface area contributed by atoms with Crippen molar-refractivity contribution in [3.8, 4) is 5.75 Å². The number of ether oxygens (including phenoxy) is 1. The number of carbonyl (C=O) groups is 2. The number of nitrogens with one attached hydrogen (secondary N) is 1. The summed E-state index contributed by atoms with van der Waals surface area (Å²) in [5.41, 5.74) is 1.53. The van der Waals surface area contributed by atoms with Crippen molar-refractivity contribution in [3.63, 3.8) is 0 Å². The molecule has 0 radical (unpaired) electrons. The summed E-state index contributed by atoms with van der Waals surface area (Å²) in [6, 6.07) is 13.5. The predicted octanol–water partition coefficient (Wildman–Crippen LogP) is 3.36. The van der Waals surface area contributed by atoms with Crippen LogP contribution in [0.4, 0.5) is 5.69 Å². The molecule has 1 N–H and O–H groups in total. The van der Waals surface area contributed by atoms with Gasteiger partial charge in [-0.3, -0.25) is 13.9 Å². The van der Waals surface area contributed by atoms with Crippen LogP contribution >= 0.6 is 0 Å². The summed E-state index contributed by atoms with van der Waals surface area (Å²) in [5, 5.41) is 2.91. The predicted molar refractivity (Wildman–Crippen MR) is 139 cm³/mol. The fraction of sp³-hybridized carbons (Fsp3) is 0.462. The Labute approximate surface area is 209 Å². The monoisotopic (exact) mass is 503 g/mol. The Bertz CT molecular complexity index is 1140. The zero-order valence-electron chi connectivity index (χ0n) is 21.7. The highest BCUT2D eigenvalue weighted by molar-refractivity contribution is 7.92. The number of hydrogen-bond acceptors (Lipinski definition) is 5. The number of rotatable bonds is 10. The molecule has 0 heterocycles. The molecule has 0 aromatic heterocycles. The second kappa shape index (κ2) is 11.6. The van der Waals surface area contributed by atoms with Crippen LogP contribution in [0.2, 0.25) is 0 Å². The number of nitrogens with zero attached hydrogens (tertiary/aromatic N) is 2. The second-order valence-electron chi connectivity index (χ2n) is 9.54. The smallest absolute Gasteiger partial charge is 0.244 e. The molecule has 0 saturated carbocycles. The molecule has 2 rings (SSSR count).